The predicted molar refractivity (Wildman–Crippen MR) is 54.4 cm³/mol. The van der Waals surface area contributed by atoms with Crippen molar-refractivity contribution < 1.29 is 9.21 Å². The number of nitrogens with one attached hydrogen (secondary N) is 2. The van der Waals surface area contributed by atoms with Crippen LogP contribution in [0.1, 0.15) is 12.5 Å². The van der Waals surface area contributed by atoms with Crippen LogP contribution >= 0.6 is 0 Å². The zero-order valence-electron chi connectivity index (χ0n) is 8.16. The molecule has 0 unspecified atom stereocenters. The molecule has 78 valence electrons. The van der Waals surface area contributed by atoms with Gasteiger partial charge in [0.05, 0.1) is 5.52 Å². The summed E-state index contributed by atoms with van der Waals surface area (Å²) >= 11 is 0. The van der Waals surface area contributed by atoms with Gasteiger partial charge < -0.3 is 9.73 Å². The topological polar surface area (TPSA) is 75.1 Å². The minimum Gasteiger partial charge on any atom is -0.408 e. The molecule has 0 aliphatic heterocycles. The zero-order valence-corrected chi connectivity index (χ0v) is 8.16. The molecule has 0 aliphatic rings. The number of H-pyrrole nitrogens is 1. The maximum atomic E-state index is 10.9. The Balaban J connectivity index is 2.30. The molecule has 0 bridgehead atoms. The summed E-state index contributed by atoms with van der Waals surface area (Å²) in [5, 5.41) is 2.66. The van der Waals surface area contributed by atoms with Crippen molar-refractivity contribution in [2.75, 3.05) is 0 Å². The molecule has 5 nitrogen and oxygen atoms in total. The predicted octanol–water partition coefficient (Wildman–Crippen LogP) is 0.757. The number of carbonyl (C=O) groups excluding carboxylic acids is 1. The van der Waals surface area contributed by atoms with Gasteiger partial charge in [-0.25, -0.2) is 4.79 Å². The van der Waals surface area contributed by atoms with Crippen LogP contribution in [0.3, 0.4) is 0 Å². The summed E-state index contributed by atoms with van der Waals surface area (Å²) in [7, 11) is 0. The molecule has 2 rings (SSSR count). The van der Waals surface area contributed by atoms with Crippen LogP contribution in [0.25, 0.3) is 11.1 Å². The molecule has 1 aromatic carbocycles. The normalized spacial score (nSPS) is 10.5. The standard InChI is InChI=1S/C10H10N2O3/c1-6(13)11-5-7-2-3-8-9(4-7)15-10(14)12-8/h2-4H,5H2,1H3,(H,11,13)(H,12,14). The average molecular weight is 206 g/mol. The fourth-order valence-electron chi connectivity index (χ4n) is 1.33. The maximum absolute atomic E-state index is 10.9. The first-order chi connectivity index (χ1) is 7.15. The number of benzene rings is 1. The number of aromatic nitrogens is 1. The van der Waals surface area contributed by atoms with Gasteiger partial charge >= 0.3 is 5.76 Å². The van der Waals surface area contributed by atoms with E-state index >= 15 is 0 Å². The Bertz CT molecular complexity index is 553. The number of oxazole rings is 1. The van der Waals surface area contributed by atoms with Crippen molar-refractivity contribution in [1.29, 1.82) is 0 Å². The van der Waals surface area contributed by atoms with Crippen molar-refractivity contribution >= 4 is 17.0 Å². The van der Waals surface area contributed by atoms with E-state index in [-0.39, 0.29) is 5.91 Å². The fraction of sp³-hybridized carbons (Fsp3) is 0.200. The second-order valence-electron chi connectivity index (χ2n) is 3.25. The summed E-state index contributed by atoms with van der Waals surface area (Å²) in [6.45, 7) is 1.88. The van der Waals surface area contributed by atoms with Crippen molar-refractivity contribution in [1.82, 2.24) is 10.3 Å². The molecule has 0 spiro atoms. The van der Waals surface area contributed by atoms with E-state index in [0.29, 0.717) is 17.6 Å². The van der Waals surface area contributed by atoms with Crippen molar-refractivity contribution in [3.05, 3.63) is 34.3 Å². The van der Waals surface area contributed by atoms with Gasteiger partial charge in [0.2, 0.25) is 5.91 Å². The summed E-state index contributed by atoms with van der Waals surface area (Å²) < 4.78 is 4.89. The highest BCUT2D eigenvalue weighted by Crippen LogP contribution is 2.11. The minimum absolute atomic E-state index is 0.0920. The first-order valence-corrected chi connectivity index (χ1v) is 4.51. The van der Waals surface area contributed by atoms with E-state index in [1.165, 1.54) is 6.92 Å². The smallest absolute Gasteiger partial charge is 0.408 e. The van der Waals surface area contributed by atoms with Gasteiger partial charge in [-0.15, -0.1) is 0 Å². The Hall–Kier alpha value is -2.04. The highest BCUT2D eigenvalue weighted by Gasteiger charge is 2.02. The molecule has 1 amide bonds. The van der Waals surface area contributed by atoms with Crippen LogP contribution in [0.2, 0.25) is 0 Å². The van der Waals surface area contributed by atoms with Gasteiger partial charge in [0, 0.05) is 13.5 Å². The molecule has 0 radical (unpaired) electrons. The van der Waals surface area contributed by atoms with Crippen molar-refractivity contribution in [3.8, 4) is 0 Å². The number of hydrogen-bond acceptors (Lipinski definition) is 3. The fourth-order valence-corrected chi connectivity index (χ4v) is 1.33. The van der Waals surface area contributed by atoms with Crippen molar-refractivity contribution in [3.63, 3.8) is 0 Å². The Morgan fingerprint density at radius 2 is 2.33 bits per heavy atom. The molecule has 15 heavy (non-hydrogen) atoms. The van der Waals surface area contributed by atoms with Gasteiger partial charge in [0.1, 0.15) is 0 Å². The Kier molecular flexibility index (Phi) is 2.29. The minimum atomic E-state index is -0.471. The number of hydrogen-bond donors (Lipinski definition) is 2. The number of amides is 1. The molecule has 0 saturated heterocycles. The van der Waals surface area contributed by atoms with Gasteiger partial charge in [-0.1, -0.05) is 6.07 Å². The molecule has 1 heterocycles. The van der Waals surface area contributed by atoms with Crippen molar-refractivity contribution in [2.45, 2.75) is 13.5 Å². The molecular formula is C10H10N2O3. The molecular weight excluding hydrogens is 196 g/mol. The van der Waals surface area contributed by atoms with Crippen LogP contribution in [-0.2, 0) is 11.3 Å². The third kappa shape index (κ3) is 2.07. The molecule has 1 aromatic heterocycles. The van der Waals surface area contributed by atoms with Gasteiger partial charge in [-0.05, 0) is 17.7 Å². The lowest BCUT2D eigenvalue weighted by molar-refractivity contribution is -0.119. The molecule has 0 fully saturated rings. The van der Waals surface area contributed by atoms with Crippen LogP contribution in [0.4, 0.5) is 0 Å². The highest BCUT2D eigenvalue weighted by molar-refractivity contribution is 5.74. The highest BCUT2D eigenvalue weighted by atomic mass is 16.4. The number of aromatic amines is 1. The van der Waals surface area contributed by atoms with Crippen LogP contribution in [-0.4, -0.2) is 10.9 Å². The second kappa shape index (κ2) is 3.61. The summed E-state index contributed by atoms with van der Waals surface area (Å²) in [4.78, 5) is 24.1. The quantitative estimate of drug-likeness (QED) is 0.761. The summed E-state index contributed by atoms with van der Waals surface area (Å²) in [6, 6.07) is 5.30. The molecule has 0 saturated carbocycles. The molecule has 2 N–H and O–H groups in total. The third-order valence-corrected chi connectivity index (χ3v) is 2.03. The first-order valence-electron chi connectivity index (χ1n) is 4.51. The second-order valence-corrected chi connectivity index (χ2v) is 3.25. The van der Waals surface area contributed by atoms with Crippen LogP contribution < -0.4 is 11.1 Å². The van der Waals surface area contributed by atoms with E-state index in [2.05, 4.69) is 10.3 Å². The number of rotatable bonds is 2. The third-order valence-electron chi connectivity index (χ3n) is 2.03. The van der Waals surface area contributed by atoms with E-state index in [1.807, 2.05) is 6.07 Å². The lowest BCUT2D eigenvalue weighted by Crippen LogP contribution is -2.18. The largest absolute Gasteiger partial charge is 0.417 e. The summed E-state index contributed by atoms with van der Waals surface area (Å²) in [5.74, 6) is -0.563. The number of fused-ring (bicyclic) bond motifs is 1. The molecule has 0 atom stereocenters. The first kappa shape index (κ1) is 9.51. The van der Waals surface area contributed by atoms with E-state index in [1.54, 1.807) is 12.1 Å². The number of carbonyl (C=O) groups is 1. The molecule has 2 aromatic rings. The Morgan fingerprint density at radius 3 is 3.07 bits per heavy atom. The van der Waals surface area contributed by atoms with Crippen molar-refractivity contribution in [2.24, 2.45) is 0 Å². The van der Waals surface area contributed by atoms with E-state index in [0.717, 1.165) is 5.56 Å². The van der Waals surface area contributed by atoms with E-state index < -0.39 is 5.76 Å². The Morgan fingerprint density at radius 1 is 1.53 bits per heavy atom. The van der Waals surface area contributed by atoms with E-state index in [4.69, 9.17) is 4.42 Å². The van der Waals surface area contributed by atoms with Crippen LogP contribution in [0.15, 0.2) is 27.4 Å². The van der Waals surface area contributed by atoms with E-state index in [9.17, 15) is 9.59 Å². The lowest BCUT2D eigenvalue weighted by atomic mass is 10.2. The van der Waals surface area contributed by atoms with Gasteiger partial charge in [-0.3, -0.25) is 9.78 Å². The zero-order chi connectivity index (χ0) is 10.8. The monoisotopic (exact) mass is 206 g/mol. The van der Waals surface area contributed by atoms with Crippen LogP contribution in [0.5, 0.6) is 0 Å². The SMILES string of the molecule is CC(=O)NCc1ccc2[nH]c(=O)oc2c1. The van der Waals surface area contributed by atoms with Gasteiger partial charge in [0.25, 0.3) is 0 Å². The summed E-state index contributed by atoms with van der Waals surface area (Å²) in [5.41, 5.74) is 2.05. The molecule has 0 aliphatic carbocycles. The lowest BCUT2D eigenvalue weighted by Gasteiger charge is -2.01. The maximum Gasteiger partial charge on any atom is 0.417 e. The van der Waals surface area contributed by atoms with Gasteiger partial charge in [0.15, 0.2) is 5.58 Å². The van der Waals surface area contributed by atoms with Crippen LogP contribution in [0, 0.1) is 0 Å². The molecule has 5 heteroatoms. The van der Waals surface area contributed by atoms with Gasteiger partial charge in [-0.2, -0.15) is 0 Å². The Labute approximate surface area is 85.1 Å². The average Bonchev–Trinajstić information content (AvgIpc) is 2.53. The summed E-state index contributed by atoms with van der Waals surface area (Å²) in [6.07, 6.45) is 0.